The zero-order valence-corrected chi connectivity index (χ0v) is 12.5. The van der Waals surface area contributed by atoms with E-state index in [4.69, 9.17) is 5.11 Å². The lowest BCUT2D eigenvalue weighted by Gasteiger charge is -2.31. The third kappa shape index (κ3) is 3.47. The highest BCUT2D eigenvalue weighted by atomic mass is 79.9. The van der Waals surface area contributed by atoms with Crippen LogP contribution in [0.1, 0.15) is 37.2 Å². The van der Waals surface area contributed by atoms with Crippen molar-refractivity contribution in [1.29, 1.82) is 0 Å². The number of hydrogen-bond donors (Lipinski definition) is 1. The van der Waals surface area contributed by atoms with Gasteiger partial charge in [0.15, 0.2) is 0 Å². The molecule has 1 saturated carbocycles. The molecule has 1 aromatic carbocycles. The molecule has 0 radical (unpaired) electrons. The number of carbonyl (C=O) groups is 1. The van der Waals surface area contributed by atoms with E-state index in [2.05, 4.69) is 46.8 Å². The maximum absolute atomic E-state index is 11.1. The Hall–Kier alpha value is -1.09. The molecule has 1 aromatic rings. The molecular weight excluding hydrogens is 304 g/mol. The van der Waals surface area contributed by atoms with Crippen LogP contribution in [0.25, 0.3) is 0 Å². The summed E-state index contributed by atoms with van der Waals surface area (Å²) in [6.07, 6.45) is 5.69. The first-order valence-electron chi connectivity index (χ1n) is 6.72. The smallest absolute Gasteiger partial charge is 0.310 e. The Morgan fingerprint density at radius 2 is 1.84 bits per heavy atom. The summed E-state index contributed by atoms with van der Waals surface area (Å²) in [5.41, 5.74) is 1.37. The Balaban J connectivity index is 1.97. The summed E-state index contributed by atoms with van der Waals surface area (Å²) in [7, 11) is 0. The van der Waals surface area contributed by atoms with Crippen LogP contribution in [0.5, 0.6) is 0 Å². The second kappa shape index (κ2) is 6.38. The Morgan fingerprint density at radius 1 is 1.26 bits per heavy atom. The van der Waals surface area contributed by atoms with Crippen molar-refractivity contribution < 1.29 is 9.90 Å². The summed E-state index contributed by atoms with van der Waals surface area (Å²) in [6.45, 7) is 3.66. The average Bonchev–Trinajstić information content (AvgIpc) is 2.41. The fourth-order valence-corrected chi connectivity index (χ4v) is 3.31. The van der Waals surface area contributed by atoms with Crippen molar-refractivity contribution in [1.82, 2.24) is 0 Å². The van der Waals surface area contributed by atoms with Gasteiger partial charge in [-0.1, -0.05) is 34.1 Å². The molecule has 0 bridgehead atoms. The fourth-order valence-electron chi connectivity index (χ4n) is 3.04. The van der Waals surface area contributed by atoms with E-state index in [0.29, 0.717) is 5.92 Å². The zero-order chi connectivity index (χ0) is 13.8. The highest BCUT2D eigenvalue weighted by Crippen LogP contribution is 2.39. The molecule has 0 aliphatic heterocycles. The Bertz CT molecular complexity index is 444. The van der Waals surface area contributed by atoms with Crippen LogP contribution in [0.3, 0.4) is 0 Å². The molecule has 2 nitrogen and oxygen atoms in total. The summed E-state index contributed by atoms with van der Waals surface area (Å²) >= 11 is 3.45. The van der Waals surface area contributed by atoms with Crippen LogP contribution in [0.15, 0.2) is 41.4 Å². The van der Waals surface area contributed by atoms with Crippen molar-refractivity contribution in [3.05, 3.63) is 47.0 Å². The van der Waals surface area contributed by atoms with Crippen LogP contribution in [0, 0.1) is 11.8 Å². The van der Waals surface area contributed by atoms with Crippen LogP contribution >= 0.6 is 15.9 Å². The van der Waals surface area contributed by atoms with Crippen LogP contribution < -0.4 is 0 Å². The van der Waals surface area contributed by atoms with E-state index in [0.717, 1.165) is 30.2 Å². The van der Waals surface area contributed by atoms with Crippen molar-refractivity contribution in [3.8, 4) is 0 Å². The third-order valence-electron chi connectivity index (χ3n) is 4.16. The number of carboxylic acid groups (broad SMARTS) is 1. The molecule has 3 heteroatoms. The second-order valence-electron chi connectivity index (χ2n) is 5.26. The first-order chi connectivity index (χ1) is 9.11. The monoisotopic (exact) mass is 322 g/mol. The molecule has 0 spiro atoms. The minimum Gasteiger partial charge on any atom is -0.481 e. The van der Waals surface area contributed by atoms with Gasteiger partial charge in [-0.25, -0.2) is 0 Å². The van der Waals surface area contributed by atoms with Gasteiger partial charge in [0.1, 0.15) is 0 Å². The minimum atomic E-state index is -0.734. The minimum absolute atomic E-state index is 0.252. The van der Waals surface area contributed by atoms with Gasteiger partial charge in [0.25, 0.3) is 0 Å². The van der Waals surface area contributed by atoms with Crippen LogP contribution in [-0.2, 0) is 4.79 Å². The van der Waals surface area contributed by atoms with Gasteiger partial charge >= 0.3 is 5.97 Å². The second-order valence-corrected chi connectivity index (χ2v) is 6.18. The molecule has 102 valence electrons. The van der Waals surface area contributed by atoms with E-state index in [1.165, 1.54) is 5.56 Å². The summed E-state index contributed by atoms with van der Waals surface area (Å²) in [5.74, 6) is -0.293. The molecule has 1 aliphatic rings. The molecule has 19 heavy (non-hydrogen) atoms. The topological polar surface area (TPSA) is 37.3 Å². The van der Waals surface area contributed by atoms with E-state index in [9.17, 15) is 4.79 Å². The first kappa shape index (κ1) is 14.3. The Labute approximate surface area is 122 Å². The molecule has 0 aromatic heterocycles. The summed E-state index contributed by atoms with van der Waals surface area (Å²) in [5, 5.41) is 9.16. The number of benzene rings is 1. The lowest BCUT2D eigenvalue weighted by Crippen LogP contribution is -2.25. The summed E-state index contributed by atoms with van der Waals surface area (Å²) < 4.78 is 1.10. The lowest BCUT2D eigenvalue weighted by atomic mass is 9.74. The van der Waals surface area contributed by atoms with Crippen LogP contribution in [0.2, 0.25) is 0 Å². The maximum Gasteiger partial charge on any atom is 0.310 e. The predicted molar refractivity (Wildman–Crippen MR) is 80.2 cm³/mol. The molecular formula is C16H19BrO2. The zero-order valence-electron chi connectivity index (χ0n) is 10.9. The molecule has 2 rings (SSSR count). The predicted octanol–water partition coefficient (Wildman–Crippen LogP) is 4.61. The van der Waals surface area contributed by atoms with Gasteiger partial charge in [-0.2, -0.15) is 0 Å². The number of rotatable bonds is 4. The number of hydrogen-bond acceptors (Lipinski definition) is 1. The van der Waals surface area contributed by atoms with E-state index in [1.807, 2.05) is 0 Å². The van der Waals surface area contributed by atoms with Gasteiger partial charge < -0.3 is 5.11 Å². The van der Waals surface area contributed by atoms with E-state index >= 15 is 0 Å². The number of halogens is 1. The van der Waals surface area contributed by atoms with Gasteiger partial charge in [0, 0.05) is 4.47 Å². The van der Waals surface area contributed by atoms with Crippen molar-refractivity contribution >= 4 is 21.9 Å². The molecule has 0 heterocycles. The standard InChI is InChI=1S/C16H19BrO2/c1-2-15(16(18)19)13-5-3-11(4-6-13)12-7-9-14(17)10-8-12/h2,7-11,13,15H,1,3-6H2,(H,18,19). The van der Waals surface area contributed by atoms with Crippen LogP contribution in [0.4, 0.5) is 0 Å². The Morgan fingerprint density at radius 3 is 2.32 bits per heavy atom. The SMILES string of the molecule is C=CC(C(=O)O)C1CCC(c2ccc(Br)cc2)CC1. The highest BCUT2D eigenvalue weighted by molar-refractivity contribution is 9.10. The fraction of sp³-hybridized carbons (Fsp3) is 0.438. The van der Waals surface area contributed by atoms with Crippen LogP contribution in [-0.4, -0.2) is 11.1 Å². The Kier molecular flexibility index (Phi) is 4.81. The van der Waals surface area contributed by atoms with E-state index in [-0.39, 0.29) is 11.8 Å². The molecule has 1 N–H and O–H groups in total. The molecule has 0 saturated heterocycles. The van der Waals surface area contributed by atoms with Gasteiger partial charge in [-0.3, -0.25) is 4.79 Å². The first-order valence-corrected chi connectivity index (χ1v) is 7.52. The number of carboxylic acids is 1. The lowest BCUT2D eigenvalue weighted by molar-refractivity contribution is -0.142. The molecule has 1 unspecified atom stereocenters. The summed E-state index contributed by atoms with van der Waals surface area (Å²) in [4.78, 5) is 11.1. The molecule has 1 atom stereocenters. The third-order valence-corrected chi connectivity index (χ3v) is 4.69. The van der Waals surface area contributed by atoms with Crippen molar-refractivity contribution in [2.24, 2.45) is 11.8 Å². The molecule has 0 amide bonds. The molecule has 1 fully saturated rings. The largest absolute Gasteiger partial charge is 0.481 e. The van der Waals surface area contributed by atoms with Crippen molar-refractivity contribution in [2.75, 3.05) is 0 Å². The number of aliphatic carboxylic acids is 1. The van der Waals surface area contributed by atoms with Gasteiger partial charge in [-0.15, -0.1) is 6.58 Å². The molecule has 1 aliphatic carbocycles. The summed E-state index contributed by atoms with van der Waals surface area (Å²) in [6, 6.07) is 8.48. The van der Waals surface area contributed by atoms with Gasteiger partial charge in [-0.05, 0) is 55.2 Å². The van der Waals surface area contributed by atoms with Crippen molar-refractivity contribution in [3.63, 3.8) is 0 Å². The van der Waals surface area contributed by atoms with Crippen molar-refractivity contribution in [2.45, 2.75) is 31.6 Å². The quantitative estimate of drug-likeness (QED) is 0.822. The van der Waals surface area contributed by atoms with Gasteiger partial charge in [0.2, 0.25) is 0 Å². The highest BCUT2D eigenvalue weighted by Gasteiger charge is 2.30. The average molecular weight is 323 g/mol. The maximum atomic E-state index is 11.1. The van der Waals surface area contributed by atoms with E-state index < -0.39 is 5.97 Å². The normalized spacial score (nSPS) is 24.7. The van der Waals surface area contributed by atoms with Gasteiger partial charge in [0.05, 0.1) is 5.92 Å². The van der Waals surface area contributed by atoms with E-state index in [1.54, 1.807) is 6.08 Å².